The zero-order valence-electron chi connectivity index (χ0n) is 15.6. The van der Waals surface area contributed by atoms with Gasteiger partial charge in [-0.25, -0.2) is 13.4 Å². The first-order valence-corrected chi connectivity index (χ1v) is 9.85. The highest BCUT2D eigenvalue weighted by Crippen LogP contribution is 2.17. The van der Waals surface area contributed by atoms with Crippen molar-refractivity contribution in [1.82, 2.24) is 4.31 Å². The molecule has 0 saturated heterocycles. The zero-order chi connectivity index (χ0) is 19.3. The quantitative estimate of drug-likeness (QED) is 0.601. The van der Waals surface area contributed by atoms with E-state index in [2.05, 4.69) is 10.3 Å². The van der Waals surface area contributed by atoms with Crippen LogP contribution >= 0.6 is 0 Å². The molecule has 0 fully saturated rings. The van der Waals surface area contributed by atoms with Gasteiger partial charge in [0.2, 0.25) is 10.0 Å². The van der Waals surface area contributed by atoms with Crippen LogP contribution < -0.4 is 11.1 Å². The second kappa shape index (κ2) is 8.33. The monoisotopic (exact) mass is 374 g/mol. The van der Waals surface area contributed by atoms with Crippen molar-refractivity contribution in [3.63, 3.8) is 0 Å². The van der Waals surface area contributed by atoms with Gasteiger partial charge in [0, 0.05) is 18.8 Å². The average Bonchev–Trinajstić information content (AvgIpc) is 2.61. The average molecular weight is 375 g/mol. The van der Waals surface area contributed by atoms with Crippen molar-refractivity contribution in [2.45, 2.75) is 38.3 Å². The summed E-state index contributed by atoms with van der Waals surface area (Å²) in [5.41, 5.74) is 8.82. The molecule has 0 saturated carbocycles. The van der Waals surface area contributed by atoms with E-state index < -0.39 is 10.0 Å². The third-order valence-corrected chi connectivity index (χ3v) is 6.13. The van der Waals surface area contributed by atoms with Gasteiger partial charge in [-0.1, -0.05) is 29.8 Å². The van der Waals surface area contributed by atoms with Gasteiger partial charge in [0.25, 0.3) is 0 Å². The molecule has 0 bridgehead atoms. The van der Waals surface area contributed by atoms with Crippen LogP contribution in [0.1, 0.15) is 25.0 Å². The number of nitrogens with zero attached hydrogens (tertiary/aromatic N) is 2. The predicted molar refractivity (Wildman–Crippen MR) is 107 cm³/mol. The number of sulfonamides is 1. The van der Waals surface area contributed by atoms with Gasteiger partial charge in [0.05, 0.1) is 11.4 Å². The molecule has 2 aromatic rings. The van der Waals surface area contributed by atoms with Gasteiger partial charge in [-0.15, -0.1) is 0 Å². The van der Waals surface area contributed by atoms with Crippen LogP contribution in [0, 0.1) is 6.92 Å². The van der Waals surface area contributed by atoms with Gasteiger partial charge in [-0.2, -0.15) is 4.31 Å². The first-order valence-electron chi connectivity index (χ1n) is 8.40. The lowest BCUT2D eigenvalue weighted by atomic mass is 10.2. The van der Waals surface area contributed by atoms with E-state index >= 15 is 0 Å². The number of rotatable bonds is 6. The van der Waals surface area contributed by atoms with Crippen molar-refractivity contribution in [1.29, 1.82) is 0 Å². The minimum absolute atomic E-state index is 0.100. The van der Waals surface area contributed by atoms with Gasteiger partial charge in [0.15, 0.2) is 5.96 Å². The SMILES string of the molecule is Cc1ccc(NC(N)=NCc2ccc(S(=O)(=O)N(C)C(C)C)cc2)cc1. The standard InChI is InChI=1S/C19H26N4O2S/c1-14(2)23(4)26(24,25)18-11-7-16(8-12-18)13-21-19(20)22-17-9-5-15(3)6-10-17/h5-12,14H,13H2,1-4H3,(H3,20,21,22). The summed E-state index contributed by atoms with van der Waals surface area (Å²) in [4.78, 5) is 4.56. The number of benzene rings is 2. The fourth-order valence-electron chi connectivity index (χ4n) is 2.21. The highest BCUT2D eigenvalue weighted by Gasteiger charge is 2.22. The Morgan fingerprint density at radius 3 is 2.23 bits per heavy atom. The number of hydrogen-bond acceptors (Lipinski definition) is 3. The zero-order valence-corrected chi connectivity index (χ0v) is 16.4. The fourth-order valence-corrected chi connectivity index (χ4v) is 3.58. The normalized spacial score (nSPS) is 12.6. The third-order valence-electron chi connectivity index (χ3n) is 4.08. The van der Waals surface area contributed by atoms with Gasteiger partial charge in [-0.3, -0.25) is 0 Å². The maximum atomic E-state index is 12.4. The van der Waals surface area contributed by atoms with Crippen molar-refractivity contribution in [3.05, 3.63) is 59.7 Å². The molecular weight excluding hydrogens is 348 g/mol. The molecule has 0 heterocycles. The van der Waals surface area contributed by atoms with Crippen molar-refractivity contribution in [2.24, 2.45) is 10.7 Å². The van der Waals surface area contributed by atoms with E-state index in [1.165, 1.54) is 9.87 Å². The summed E-state index contributed by atoms with van der Waals surface area (Å²) >= 11 is 0. The lowest BCUT2D eigenvalue weighted by Gasteiger charge is -2.21. The van der Waals surface area contributed by atoms with Crippen LogP contribution in [-0.2, 0) is 16.6 Å². The van der Waals surface area contributed by atoms with Crippen LogP contribution in [-0.4, -0.2) is 31.8 Å². The topological polar surface area (TPSA) is 87.8 Å². The molecule has 0 aliphatic heterocycles. The Morgan fingerprint density at radius 1 is 1.12 bits per heavy atom. The van der Waals surface area contributed by atoms with Gasteiger partial charge in [0.1, 0.15) is 0 Å². The summed E-state index contributed by atoms with van der Waals surface area (Å²) in [6.45, 7) is 6.06. The minimum Gasteiger partial charge on any atom is -0.370 e. The van der Waals surface area contributed by atoms with E-state index in [-0.39, 0.29) is 10.9 Å². The Bertz CT molecular complexity index is 857. The molecule has 6 nitrogen and oxygen atoms in total. The molecule has 0 unspecified atom stereocenters. The first-order chi connectivity index (χ1) is 12.2. The molecule has 0 aliphatic carbocycles. The maximum absolute atomic E-state index is 12.4. The van der Waals surface area contributed by atoms with Gasteiger partial charge >= 0.3 is 0 Å². The molecule has 0 aromatic heterocycles. The molecule has 3 N–H and O–H groups in total. The van der Waals surface area contributed by atoms with E-state index in [9.17, 15) is 8.42 Å². The van der Waals surface area contributed by atoms with Crippen LogP contribution in [0.15, 0.2) is 58.4 Å². The molecule has 0 aliphatic rings. The number of guanidine groups is 1. The number of aliphatic imine (C=N–C) groups is 1. The van der Waals surface area contributed by atoms with E-state index in [4.69, 9.17) is 5.73 Å². The number of hydrogen-bond donors (Lipinski definition) is 2. The van der Waals surface area contributed by atoms with Crippen molar-refractivity contribution < 1.29 is 8.42 Å². The van der Waals surface area contributed by atoms with E-state index in [1.807, 2.05) is 45.0 Å². The molecule has 26 heavy (non-hydrogen) atoms. The number of nitrogens with two attached hydrogens (primary N) is 1. The third kappa shape index (κ3) is 5.06. The Labute approximate surface area is 155 Å². The van der Waals surface area contributed by atoms with Gasteiger partial charge < -0.3 is 11.1 Å². The molecule has 2 aromatic carbocycles. The molecule has 7 heteroatoms. The Hall–Kier alpha value is -2.38. The summed E-state index contributed by atoms with van der Waals surface area (Å²) in [6.07, 6.45) is 0. The summed E-state index contributed by atoms with van der Waals surface area (Å²) in [7, 11) is -1.89. The maximum Gasteiger partial charge on any atom is 0.243 e. The lowest BCUT2D eigenvalue weighted by molar-refractivity contribution is 0.410. The van der Waals surface area contributed by atoms with Gasteiger partial charge in [-0.05, 0) is 50.6 Å². The Balaban J connectivity index is 2.03. The largest absolute Gasteiger partial charge is 0.370 e. The summed E-state index contributed by atoms with van der Waals surface area (Å²) in [5, 5.41) is 3.03. The van der Waals surface area contributed by atoms with Crippen LogP contribution in [0.3, 0.4) is 0 Å². The second-order valence-electron chi connectivity index (χ2n) is 6.45. The van der Waals surface area contributed by atoms with Crippen LogP contribution in [0.25, 0.3) is 0 Å². The minimum atomic E-state index is -3.47. The van der Waals surface area contributed by atoms with Crippen molar-refractivity contribution in [3.8, 4) is 0 Å². The number of aryl methyl sites for hydroxylation is 1. The summed E-state index contributed by atoms with van der Waals surface area (Å²) < 4.78 is 26.2. The van der Waals surface area contributed by atoms with Crippen LogP contribution in [0.2, 0.25) is 0 Å². The first kappa shape index (κ1) is 19.9. The fraction of sp³-hybridized carbons (Fsp3) is 0.316. The Morgan fingerprint density at radius 2 is 1.69 bits per heavy atom. The highest BCUT2D eigenvalue weighted by atomic mass is 32.2. The molecular formula is C19H26N4O2S. The molecule has 140 valence electrons. The summed E-state index contributed by atoms with van der Waals surface area (Å²) in [6, 6.07) is 14.5. The van der Waals surface area contributed by atoms with E-state index in [0.29, 0.717) is 12.5 Å². The Kier molecular flexibility index (Phi) is 6.39. The summed E-state index contributed by atoms with van der Waals surface area (Å²) in [5.74, 6) is 0.310. The lowest BCUT2D eigenvalue weighted by Crippen LogP contribution is -2.33. The number of anilines is 1. The predicted octanol–water partition coefficient (Wildman–Crippen LogP) is 2.95. The molecule has 0 atom stereocenters. The van der Waals surface area contributed by atoms with Crippen LogP contribution in [0.4, 0.5) is 5.69 Å². The van der Waals surface area contributed by atoms with E-state index in [0.717, 1.165) is 11.3 Å². The molecule has 0 spiro atoms. The van der Waals surface area contributed by atoms with E-state index in [1.54, 1.807) is 31.3 Å². The number of nitrogens with one attached hydrogen (secondary N) is 1. The molecule has 0 amide bonds. The second-order valence-corrected chi connectivity index (χ2v) is 8.45. The molecule has 0 radical (unpaired) electrons. The molecule has 2 rings (SSSR count). The van der Waals surface area contributed by atoms with Crippen LogP contribution in [0.5, 0.6) is 0 Å². The van der Waals surface area contributed by atoms with Crippen molar-refractivity contribution in [2.75, 3.05) is 12.4 Å². The smallest absolute Gasteiger partial charge is 0.243 e. The highest BCUT2D eigenvalue weighted by molar-refractivity contribution is 7.89. The van der Waals surface area contributed by atoms with Crippen molar-refractivity contribution >= 4 is 21.7 Å².